The largest absolute Gasteiger partial charge is 0.293 e. The topological polar surface area (TPSA) is 89.3 Å². The molecule has 0 radical (unpaired) electrons. The summed E-state index contributed by atoms with van der Waals surface area (Å²) in [5.41, 5.74) is 0.966. The van der Waals surface area contributed by atoms with Crippen LogP contribution in [0.15, 0.2) is 30.3 Å². The molecular formula is C17H21N5O3. The molecule has 2 amide bonds. The van der Waals surface area contributed by atoms with Gasteiger partial charge in [-0.2, -0.15) is 4.98 Å². The number of benzene rings is 1. The monoisotopic (exact) mass is 343 g/mol. The first-order valence-electron chi connectivity index (χ1n) is 8.24. The van der Waals surface area contributed by atoms with Crippen molar-refractivity contribution in [2.45, 2.75) is 26.4 Å². The number of hydrogen-bond donors (Lipinski definition) is 1. The Balaban J connectivity index is 1.55. The average molecular weight is 343 g/mol. The van der Waals surface area contributed by atoms with Crippen LogP contribution in [0.5, 0.6) is 0 Å². The molecule has 1 fully saturated rings. The van der Waals surface area contributed by atoms with E-state index in [1.54, 1.807) is 11.7 Å². The number of rotatable bonds is 6. The lowest BCUT2D eigenvalue weighted by Gasteiger charge is -2.16. The van der Waals surface area contributed by atoms with E-state index in [-0.39, 0.29) is 30.7 Å². The predicted molar refractivity (Wildman–Crippen MR) is 90.1 cm³/mol. The SMILES string of the molecule is CCc1nc(NC(=O)C2CC(=O)N(OCc3ccccc3)C2)nn1C. The summed E-state index contributed by atoms with van der Waals surface area (Å²) >= 11 is 0. The van der Waals surface area contributed by atoms with Crippen LogP contribution in [0.4, 0.5) is 5.95 Å². The number of anilines is 1. The van der Waals surface area contributed by atoms with E-state index in [1.807, 2.05) is 37.3 Å². The molecule has 0 saturated carbocycles. The average Bonchev–Trinajstić information content (AvgIpc) is 3.16. The van der Waals surface area contributed by atoms with Crippen LogP contribution in [0.1, 0.15) is 24.7 Å². The summed E-state index contributed by atoms with van der Waals surface area (Å²) in [7, 11) is 1.78. The van der Waals surface area contributed by atoms with Gasteiger partial charge in [0.05, 0.1) is 12.5 Å². The Hall–Kier alpha value is -2.74. The van der Waals surface area contributed by atoms with E-state index < -0.39 is 5.92 Å². The lowest BCUT2D eigenvalue weighted by atomic mass is 10.1. The normalized spacial score (nSPS) is 17.1. The molecule has 1 saturated heterocycles. The van der Waals surface area contributed by atoms with Crippen LogP contribution in [0.3, 0.4) is 0 Å². The minimum absolute atomic E-state index is 0.119. The second kappa shape index (κ2) is 7.43. The van der Waals surface area contributed by atoms with Crippen molar-refractivity contribution in [3.63, 3.8) is 0 Å². The van der Waals surface area contributed by atoms with Gasteiger partial charge in [-0.1, -0.05) is 37.3 Å². The smallest absolute Gasteiger partial charge is 0.248 e. The van der Waals surface area contributed by atoms with Gasteiger partial charge in [-0.25, -0.2) is 5.06 Å². The van der Waals surface area contributed by atoms with E-state index in [4.69, 9.17) is 4.84 Å². The van der Waals surface area contributed by atoms with E-state index in [0.29, 0.717) is 6.61 Å². The van der Waals surface area contributed by atoms with Gasteiger partial charge in [0.15, 0.2) is 0 Å². The van der Waals surface area contributed by atoms with Crippen LogP contribution >= 0.6 is 0 Å². The number of aryl methyl sites for hydroxylation is 2. The van der Waals surface area contributed by atoms with E-state index in [2.05, 4.69) is 15.4 Å². The van der Waals surface area contributed by atoms with Crippen molar-refractivity contribution in [3.8, 4) is 0 Å². The molecule has 1 N–H and O–H groups in total. The number of aromatic nitrogens is 3. The summed E-state index contributed by atoms with van der Waals surface area (Å²) in [5, 5.41) is 8.09. The van der Waals surface area contributed by atoms with Crippen LogP contribution in [-0.2, 0) is 34.5 Å². The molecule has 25 heavy (non-hydrogen) atoms. The maximum absolute atomic E-state index is 12.4. The molecule has 1 aliphatic heterocycles. The van der Waals surface area contributed by atoms with Crippen molar-refractivity contribution in [1.29, 1.82) is 0 Å². The second-order valence-corrected chi connectivity index (χ2v) is 5.93. The molecule has 1 unspecified atom stereocenters. The first kappa shape index (κ1) is 17.1. The molecule has 1 aromatic carbocycles. The number of carbonyl (C=O) groups is 2. The third-order valence-electron chi connectivity index (χ3n) is 4.09. The number of amides is 2. The lowest BCUT2D eigenvalue weighted by molar-refractivity contribution is -0.182. The van der Waals surface area contributed by atoms with E-state index in [1.165, 1.54) is 5.06 Å². The molecule has 1 aromatic heterocycles. The summed E-state index contributed by atoms with van der Waals surface area (Å²) in [6.07, 6.45) is 0.844. The molecule has 3 rings (SSSR count). The number of hydrogen-bond acceptors (Lipinski definition) is 5. The zero-order chi connectivity index (χ0) is 17.8. The van der Waals surface area contributed by atoms with Gasteiger partial charge in [0.25, 0.3) is 0 Å². The van der Waals surface area contributed by atoms with Crippen molar-refractivity contribution in [3.05, 3.63) is 41.7 Å². The van der Waals surface area contributed by atoms with Crippen LogP contribution < -0.4 is 5.32 Å². The fourth-order valence-corrected chi connectivity index (χ4v) is 2.70. The number of nitrogens with one attached hydrogen (secondary N) is 1. The van der Waals surface area contributed by atoms with Crippen molar-refractivity contribution in [2.24, 2.45) is 13.0 Å². The maximum Gasteiger partial charge on any atom is 0.248 e. The lowest BCUT2D eigenvalue weighted by Crippen LogP contribution is -2.28. The summed E-state index contributed by atoms with van der Waals surface area (Å²) in [5.74, 6) is 0.106. The summed E-state index contributed by atoms with van der Waals surface area (Å²) in [6, 6.07) is 9.57. The fraction of sp³-hybridized carbons (Fsp3) is 0.412. The van der Waals surface area contributed by atoms with Gasteiger partial charge in [0.1, 0.15) is 12.4 Å². The highest BCUT2D eigenvalue weighted by Crippen LogP contribution is 2.20. The Kier molecular flexibility index (Phi) is 5.08. The van der Waals surface area contributed by atoms with Crippen LogP contribution in [0, 0.1) is 5.92 Å². The summed E-state index contributed by atoms with van der Waals surface area (Å²) in [6.45, 7) is 2.49. The minimum Gasteiger partial charge on any atom is -0.293 e. The first-order valence-corrected chi connectivity index (χ1v) is 8.24. The fourth-order valence-electron chi connectivity index (χ4n) is 2.70. The summed E-state index contributed by atoms with van der Waals surface area (Å²) in [4.78, 5) is 34.2. The summed E-state index contributed by atoms with van der Waals surface area (Å²) < 4.78 is 1.63. The second-order valence-electron chi connectivity index (χ2n) is 5.93. The highest BCUT2D eigenvalue weighted by atomic mass is 16.7. The van der Waals surface area contributed by atoms with Crippen LogP contribution in [0.25, 0.3) is 0 Å². The van der Waals surface area contributed by atoms with Crippen molar-refractivity contribution >= 4 is 17.8 Å². The molecule has 1 atom stereocenters. The predicted octanol–water partition coefficient (Wildman–Crippen LogP) is 1.30. The van der Waals surface area contributed by atoms with Crippen LogP contribution in [0.2, 0.25) is 0 Å². The van der Waals surface area contributed by atoms with Crippen LogP contribution in [-0.4, -0.2) is 38.2 Å². The quantitative estimate of drug-likeness (QED) is 0.854. The molecule has 2 aromatic rings. The maximum atomic E-state index is 12.4. The van der Waals surface area contributed by atoms with E-state index >= 15 is 0 Å². The molecule has 8 nitrogen and oxygen atoms in total. The van der Waals surface area contributed by atoms with Gasteiger partial charge in [-0.05, 0) is 5.56 Å². The molecule has 132 valence electrons. The third-order valence-corrected chi connectivity index (χ3v) is 4.09. The van der Waals surface area contributed by atoms with Crippen molar-refractivity contribution in [2.75, 3.05) is 11.9 Å². The number of carbonyl (C=O) groups excluding carboxylic acids is 2. The molecule has 2 heterocycles. The zero-order valence-corrected chi connectivity index (χ0v) is 14.3. The third kappa shape index (κ3) is 4.03. The molecule has 0 spiro atoms. The molecular weight excluding hydrogens is 322 g/mol. The Labute approximate surface area is 145 Å². The Bertz CT molecular complexity index is 759. The zero-order valence-electron chi connectivity index (χ0n) is 14.3. The van der Waals surface area contributed by atoms with Gasteiger partial charge < -0.3 is 0 Å². The van der Waals surface area contributed by atoms with E-state index in [0.717, 1.165) is 17.8 Å². The van der Waals surface area contributed by atoms with Crippen molar-refractivity contribution < 1.29 is 14.4 Å². The van der Waals surface area contributed by atoms with Gasteiger partial charge in [-0.3, -0.25) is 24.4 Å². The minimum atomic E-state index is -0.475. The number of nitrogens with zero attached hydrogens (tertiary/aromatic N) is 4. The van der Waals surface area contributed by atoms with E-state index in [9.17, 15) is 9.59 Å². The molecule has 8 heteroatoms. The van der Waals surface area contributed by atoms with Gasteiger partial charge in [0.2, 0.25) is 17.8 Å². The Morgan fingerprint density at radius 1 is 1.36 bits per heavy atom. The standard InChI is InChI=1S/C17H21N5O3/c1-3-14-18-17(20-21(14)2)19-16(24)13-9-15(23)22(10-13)25-11-12-7-5-4-6-8-12/h4-8,13H,3,9-11H2,1-2H3,(H,19,20,24). The molecule has 0 bridgehead atoms. The van der Waals surface area contributed by atoms with Gasteiger partial charge >= 0.3 is 0 Å². The molecule has 1 aliphatic rings. The van der Waals surface area contributed by atoms with Crippen molar-refractivity contribution in [1.82, 2.24) is 19.8 Å². The Morgan fingerprint density at radius 2 is 2.12 bits per heavy atom. The molecule has 0 aliphatic carbocycles. The number of hydroxylamine groups is 2. The highest BCUT2D eigenvalue weighted by Gasteiger charge is 2.35. The highest BCUT2D eigenvalue weighted by molar-refractivity contribution is 5.95. The van der Waals surface area contributed by atoms with Gasteiger partial charge in [0, 0.05) is 19.9 Å². The van der Waals surface area contributed by atoms with Gasteiger partial charge in [-0.15, -0.1) is 5.10 Å². The Morgan fingerprint density at radius 3 is 2.80 bits per heavy atom. The first-order chi connectivity index (χ1) is 12.1.